The molecule has 3 nitrogen and oxygen atoms in total. The summed E-state index contributed by atoms with van der Waals surface area (Å²) in [5.41, 5.74) is -1.04. The van der Waals surface area contributed by atoms with E-state index in [9.17, 15) is 22.4 Å². The van der Waals surface area contributed by atoms with Crippen LogP contribution in [0, 0.1) is 5.82 Å². The topological polar surface area (TPSA) is 38.7 Å². The lowest BCUT2D eigenvalue weighted by Crippen LogP contribution is -2.05. The van der Waals surface area contributed by atoms with Gasteiger partial charge in [0.25, 0.3) is 0 Å². The Morgan fingerprint density at radius 1 is 1.13 bits per heavy atom. The van der Waals surface area contributed by atoms with Gasteiger partial charge in [0, 0.05) is 13.1 Å². The van der Waals surface area contributed by atoms with E-state index in [2.05, 4.69) is 4.99 Å². The Labute approximate surface area is 129 Å². The Hall–Kier alpha value is -2.70. The number of esters is 1. The first-order valence-electron chi connectivity index (χ1n) is 6.45. The van der Waals surface area contributed by atoms with Crippen LogP contribution in [0.4, 0.5) is 23.2 Å². The van der Waals surface area contributed by atoms with Gasteiger partial charge in [-0.2, -0.15) is 13.2 Å². The Bertz CT molecular complexity index is 737. The van der Waals surface area contributed by atoms with Crippen molar-refractivity contribution in [2.45, 2.75) is 13.1 Å². The van der Waals surface area contributed by atoms with E-state index in [1.807, 2.05) is 0 Å². The highest BCUT2D eigenvalue weighted by molar-refractivity contribution is 5.82. The lowest BCUT2D eigenvalue weighted by Gasteiger charge is -2.09. The summed E-state index contributed by atoms with van der Waals surface area (Å²) in [6.45, 7) is 1.25. The Balaban J connectivity index is 2.25. The summed E-state index contributed by atoms with van der Waals surface area (Å²) in [5.74, 6) is -1.15. The number of halogens is 4. The second-order valence-electron chi connectivity index (χ2n) is 4.58. The summed E-state index contributed by atoms with van der Waals surface area (Å²) in [4.78, 5) is 14.5. The van der Waals surface area contributed by atoms with Gasteiger partial charge in [0.15, 0.2) is 0 Å². The van der Waals surface area contributed by atoms with Crippen molar-refractivity contribution in [3.63, 3.8) is 0 Å². The van der Waals surface area contributed by atoms with Gasteiger partial charge in [-0.3, -0.25) is 9.79 Å². The fourth-order valence-corrected chi connectivity index (χ4v) is 1.78. The molecule has 0 unspecified atom stereocenters. The van der Waals surface area contributed by atoms with Crippen LogP contribution < -0.4 is 4.74 Å². The molecule has 0 aliphatic rings. The monoisotopic (exact) mass is 325 g/mol. The summed E-state index contributed by atoms with van der Waals surface area (Å²) >= 11 is 0. The van der Waals surface area contributed by atoms with E-state index >= 15 is 0 Å². The van der Waals surface area contributed by atoms with Crippen molar-refractivity contribution in [3.05, 3.63) is 59.4 Å². The molecule has 2 aromatic rings. The molecule has 0 atom stereocenters. The summed E-state index contributed by atoms with van der Waals surface area (Å²) in [7, 11) is 0. The van der Waals surface area contributed by atoms with Crippen LogP contribution in [0.25, 0.3) is 0 Å². The molecule has 0 fully saturated rings. The predicted molar refractivity (Wildman–Crippen MR) is 76.4 cm³/mol. The number of ether oxygens (including phenoxy) is 1. The standard InChI is InChI=1S/C16H11F4NO2/c1-10(22)23-13-5-2-11(3-6-13)9-21-15-7-4-12(17)8-14(15)16(18,19)20/h2-9H,1H3/b21-9+. The Kier molecular flexibility index (Phi) is 4.78. The minimum Gasteiger partial charge on any atom is -0.427 e. The average molecular weight is 325 g/mol. The average Bonchev–Trinajstić information content (AvgIpc) is 2.46. The molecule has 2 rings (SSSR count). The number of benzene rings is 2. The third kappa shape index (κ3) is 4.64. The lowest BCUT2D eigenvalue weighted by atomic mass is 10.1. The predicted octanol–water partition coefficient (Wildman–Crippen LogP) is 4.52. The van der Waals surface area contributed by atoms with Crippen LogP contribution >= 0.6 is 0 Å². The summed E-state index contributed by atoms with van der Waals surface area (Å²) in [6, 6.07) is 8.29. The molecule has 0 aliphatic heterocycles. The number of nitrogens with zero attached hydrogens (tertiary/aromatic N) is 1. The molecule has 0 aliphatic carbocycles. The van der Waals surface area contributed by atoms with Crippen LogP contribution in [-0.2, 0) is 11.0 Å². The first kappa shape index (κ1) is 16.7. The van der Waals surface area contributed by atoms with Crippen molar-refractivity contribution in [3.8, 4) is 5.75 Å². The highest BCUT2D eigenvalue weighted by atomic mass is 19.4. The van der Waals surface area contributed by atoms with Crippen molar-refractivity contribution < 1.29 is 27.1 Å². The number of hydrogen-bond acceptors (Lipinski definition) is 3. The van der Waals surface area contributed by atoms with E-state index < -0.39 is 23.5 Å². The fourth-order valence-electron chi connectivity index (χ4n) is 1.78. The second-order valence-corrected chi connectivity index (χ2v) is 4.58. The molecule has 23 heavy (non-hydrogen) atoms. The SMILES string of the molecule is CC(=O)Oc1ccc(/C=N/c2ccc(F)cc2C(F)(F)F)cc1. The molecule has 0 amide bonds. The summed E-state index contributed by atoms with van der Waals surface area (Å²) < 4.78 is 56.3. The third-order valence-corrected chi connectivity index (χ3v) is 2.76. The third-order valence-electron chi connectivity index (χ3n) is 2.76. The van der Waals surface area contributed by atoms with Gasteiger partial charge in [0.05, 0.1) is 11.3 Å². The van der Waals surface area contributed by atoms with E-state index in [1.165, 1.54) is 37.4 Å². The lowest BCUT2D eigenvalue weighted by molar-refractivity contribution is -0.137. The van der Waals surface area contributed by atoms with Gasteiger partial charge < -0.3 is 4.74 Å². The normalized spacial score (nSPS) is 11.7. The van der Waals surface area contributed by atoms with E-state index in [4.69, 9.17) is 4.74 Å². The molecule has 0 spiro atoms. The zero-order valence-electron chi connectivity index (χ0n) is 11.9. The van der Waals surface area contributed by atoms with E-state index in [0.717, 1.165) is 12.1 Å². The molecule has 7 heteroatoms. The molecule has 0 heterocycles. The zero-order chi connectivity index (χ0) is 17.0. The van der Waals surface area contributed by atoms with Crippen LogP contribution in [0.5, 0.6) is 5.75 Å². The number of hydrogen-bond donors (Lipinski definition) is 0. The molecule has 0 bridgehead atoms. The molecule has 0 radical (unpaired) electrons. The van der Waals surface area contributed by atoms with E-state index in [1.54, 1.807) is 0 Å². The maximum Gasteiger partial charge on any atom is 0.418 e. The highest BCUT2D eigenvalue weighted by Gasteiger charge is 2.33. The van der Waals surface area contributed by atoms with Crippen molar-refractivity contribution in [1.82, 2.24) is 0 Å². The van der Waals surface area contributed by atoms with Crippen molar-refractivity contribution >= 4 is 17.9 Å². The van der Waals surface area contributed by atoms with Crippen LogP contribution in [-0.4, -0.2) is 12.2 Å². The summed E-state index contributed by atoms with van der Waals surface area (Å²) in [6.07, 6.45) is -3.49. The van der Waals surface area contributed by atoms with E-state index in [0.29, 0.717) is 17.4 Å². The number of carbonyl (C=O) groups excluding carboxylic acids is 1. The molecule has 120 valence electrons. The van der Waals surface area contributed by atoms with Crippen molar-refractivity contribution in [1.29, 1.82) is 0 Å². The molecule has 0 N–H and O–H groups in total. The van der Waals surface area contributed by atoms with Gasteiger partial charge in [-0.1, -0.05) is 0 Å². The van der Waals surface area contributed by atoms with Gasteiger partial charge in [0.1, 0.15) is 11.6 Å². The molecular formula is C16H11F4NO2. The number of aliphatic imine (C=N–C) groups is 1. The number of rotatable bonds is 3. The van der Waals surface area contributed by atoms with Gasteiger partial charge in [0.2, 0.25) is 0 Å². The van der Waals surface area contributed by atoms with Crippen LogP contribution in [0.1, 0.15) is 18.1 Å². The highest BCUT2D eigenvalue weighted by Crippen LogP contribution is 2.36. The van der Waals surface area contributed by atoms with Crippen LogP contribution in [0.2, 0.25) is 0 Å². The smallest absolute Gasteiger partial charge is 0.418 e. The zero-order valence-corrected chi connectivity index (χ0v) is 11.9. The Morgan fingerprint density at radius 2 is 1.78 bits per heavy atom. The van der Waals surface area contributed by atoms with Gasteiger partial charge in [-0.25, -0.2) is 4.39 Å². The molecule has 0 saturated heterocycles. The van der Waals surface area contributed by atoms with Gasteiger partial charge >= 0.3 is 12.1 Å². The van der Waals surface area contributed by atoms with Crippen LogP contribution in [0.15, 0.2) is 47.5 Å². The maximum atomic E-state index is 13.0. The van der Waals surface area contributed by atoms with Crippen molar-refractivity contribution in [2.24, 2.45) is 4.99 Å². The number of alkyl halides is 3. The minimum atomic E-state index is -4.70. The first-order valence-corrected chi connectivity index (χ1v) is 6.45. The second kappa shape index (κ2) is 6.60. The van der Waals surface area contributed by atoms with Crippen molar-refractivity contribution in [2.75, 3.05) is 0 Å². The Morgan fingerprint density at radius 3 is 2.35 bits per heavy atom. The first-order chi connectivity index (χ1) is 10.8. The molecule has 0 saturated carbocycles. The fraction of sp³-hybridized carbons (Fsp3) is 0.125. The maximum absolute atomic E-state index is 13.0. The van der Waals surface area contributed by atoms with Gasteiger partial charge in [-0.15, -0.1) is 0 Å². The summed E-state index contributed by atoms with van der Waals surface area (Å²) in [5, 5.41) is 0. The number of carbonyl (C=O) groups is 1. The van der Waals surface area contributed by atoms with E-state index in [-0.39, 0.29) is 5.69 Å². The largest absolute Gasteiger partial charge is 0.427 e. The molecule has 0 aromatic heterocycles. The van der Waals surface area contributed by atoms with Crippen LogP contribution in [0.3, 0.4) is 0 Å². The minimum absolute atomic E-state index is 0.312. The molecular weight excluding hydrogens is 314 g/mol. The molecule has 2 aromatic carbocycles. The van der Waals surface area contributed by atoms with Gasteiger partial charge in [-0.05, 0) is 48.0 Å². The quantitative estimate of drug-likeness (QED) is 0.360.